The van der Waals surface area contributed by atoms with Crippen LogP contribution in [0.3, 0.4) is 0 Å². The van der Waals surface area contributed by atoms with Crippen LogP contribution in [0.4, 0.5) is 0 Å². The van der Waals surface area contributed by atoms with Crippen LogP contribution in [0.15, 0.2) is 24.3 Å². The third kappa shape index (κ3) is 2.55. The predicted octanol–water partition coefficient (Wildman–Crippen LogP) is 4.74. The van der Waals surface area contributed by atoms with Gasteiger partial charge in [-0.05, 0) is 43.7 Å². The summed E-state index contributed by atoms with van der Waals surface area (Å²) in [7, 11) is 0. The van der Waals surface area contributed by atoms with Gasteiger partial charge in [0.05, 0.1) is 0 Å². The molecule has 1 aromatic carbocycles. The molecule has 0 aromatic heterocycles. The standard InChI is InChI=1S/C17H24O/c1-17(13-14-7-3-2-4-8-14)12-11-15-9-5-6-10-16(15)18-17/h5-6,9-10,14H,2-4,7-8,11-13H2,1H3. The van der Waals surface area contributed by atoms with Gasteiger partial charge in [-0.2, -0.15) is 0 Å². The highest BCUT2D eigenvalue weighted by Crippen LogP contribution is 2.39. The van der Waals surface area contributed by atoms with Crippen molar-refractivity contribution < 1.29 is 4.74 Å². The van der Waals surface area contributed by atoms with Gasteiger partial charge in [-0.3, -0.25) is 0 Å². The lowest BCUT2D eigenvalue weighted by molar-refractivity contribution is 0.0333. The molecule has 18 heavy (non-hydrogen) atoms. The van der Waals surface area contributed by atoms with E-state index >= 15 is 0 Å². The third-order valence-corrected chi connectivity index (χ3v) is 4.70. The van der Waals surface area contributed by atoms with Gasteiger partial charge in [0.25, 0.3) is 0 Å². The topological polar surface area (TPSA) is 9.23 Å². The summed E-state index contributed by atoms with van der Waals surface area (Å²) in [5.41, 5.74) is 1.47. The molecule has 0 spiro atoms. The maximum absolute atomic E-state index is 6.32. The molecule has 0 saturated heterocycles. The Balaban J connectivity index is 1.69. The van der Waals surface area contributed by atoms with Crippen molar-refractivity contribution in [2.75, 3.05) is 0 Å². The molecule has 1 unspecified atom stereocenters. The van der Waals surface area contributed by atoms with Crippen molar-refractivity contribution in [1.82, 2.24) is 0 Å². The fourth-order valence-corrected chi connectivity index (χ4v) is 3.67. The first-order chi connectivity index (χ1) is 8.75. The summed E-state index contributed by atoms with van der Waals surface area (Å²) in [4.78, 5) is 0. The zero-order chi connectivity index (χ0) is 12.4. The Morgan fingerprint density at radius 3 is 2.78 bits per heavy atom. The molecule has 1 nitrogen and oxygen atoms in total. The molecule has 0 radical (unpaired) electrons. The van der Waals surface area contributed by atoms with Crippen molar-refractivity contribution in [3.05, 3.63) is 29.8 Å². The van der Waals surface area contributed by atoms with E-state index in [0.717, 1.165) is 11.7 Å². The van der Waals surface area contributed by atoms with Crippen molar-refractivity contribution in [3.8, 4) is 5.75 Å². The summed E-state index contributed by atoms with van der Waals surface area (Å²) in [5, 5.41) is 0. The number of fused-ring (bicyclic) bond motifs is 1. The van der Waals surface area contributed by atoms with Crippen molar-refractivity contribution in [1.29, 1.82) is 0 Å². The molecule has 1 aliphatic heterocycles. The molecule has 0 bridgehead atoms. The molecule has 1 atom stereocenters. The predicted molar refractivity (Wildman–Crippen MR) is 75.0 cm³/mol. The highest BCUT2D eigenvalue weighted by Gasteiger charge is 2.34. The molecule has 0 N–H and O–H groups in total. The zero-order valence-electron chi connectivity index (χ0n) is 11.5. The summed E-state index contributed by atoms with van der Waals surface area (Å²) < 4.78 is 6.32. The first-order valence-electron chi connectivity index (χ1n) is 7.52. The zero-order valence-corrected chi connectivity index (χ0v) is 11.5. The minimum absolute atomic E-state index is 0.0797. The Kier molecular flexibility index (Phi) is 3.32. The third-order valence-electron chi connectivity index (χ3n) is 4.70. The average molecular weight is 244 g/mol. The molecule has 1 heteroatoms. The number of aryl methyl sites for hydroxylation is 1. The second-order valence-electron chi connectivity index (χ2n) is 6.37. The number of hydrogen-bond donors (Lipinski definition) is 0. The van der Waals surface area contributed by atoms with Crippen LogP contribution in [0.1, 0.15) is 57.4 Å². The molecule has 1 heterocycles. The van der Waals surface area contributed by atoms with Gasteiger partial charge in [-0.25, -0.2) is 0 Å². The lowest BCUT2D eigenvalue weighted by Crippen LogP contribution is -2.38. The van der Waals surface area contributed by atoms with Crippen LogP contribution in [0, 0.1) is 5.92 Å². The lowest BCUT2D eigenvalue weighted by atomic mass is 9.78. The van der Waals surface area contributed by atoms with Crippen molar-refractivity contribution in [2.45, 2.75) is 63.9 Å². The lowest BCUT2D eigenvalue weighted by Gasteiger charge is -2.39. The number of rotatable bonds is 2. The van der Waals surface area contributed by atoms with E-state index in [1.54, 1.807) is 0 Å². The molecule has 0 amide bonds. The maximum atomic E-state index is 6.32. The summed E-state index contributed by atoms with van der Waals surface area (Å²) >= 11 is 0. The van der Waals surface area contributed by atoms with E-state index in [9.17, 15) is 0 Å². The molecule has 98 valence electrons. The van der Waals surface area contributed by atoms with Crippen molar-refractivity contribution >= 4 is 0 Å². The van der Waals surface area contributed by atoms with E-state index in [1.807, 2.05) is 0 Å². The first-order valence-corrected chi connectivity index (χ1v) is 7.52. The molecule has 1 aromatic rings. The Bertz CT molecular complexity index is 406. The SMILES string of the molecule is CC1(CC2CCCCC2)CCc2ccccc2O1. The van der Waals surface area contributed by atoms with E-state index in [4.69, 9.17) is 4.74 Å². The normalized spacial score (nSPS) is 28.5. The van der Waals surface area contributed by atoms with Crippen LogP contribution >= 0.6 is 0 Å². The second-order valence-corrected chi connectivity index (χ2v) is 6.37. The van der Waals surface area contributed by atoms with E-state index in [2.05, 4.69) is 31.2 Å². The Hall–Kier alpha value is -0.980. The molecule has 2 aliphatic rings. The number of para-hydroxylation sites is 1. The molecule has 1 saturated carbocycles. The minimum Gasteiger partial charge on any atom is -0.487 e. The van der Waals surface area contributed by atoms with Crippen LogP contribution < -0.4 is 4.74 Å². The number of ether oxygens (including phenoxy) is 1. The van der Waals surface area contributed by atoms with E-state index in [1.165, 1.54) is 56.9 Å². The van der Waals surface area contributed by atoms with Gasteiger partial charge in [0.2, 0.25) is 0 Å². The van der Waals surface area contributed by atoms with Crippen molar-refractivity contribution in [2.24, 2.45) is 5.92 Å². The average Bonchev–Trinajstić information content (AvgIpc) is 2.39. The van der Waals surface area contributed by atoms with Crippen molar-refractivity contribution in [3.63, 3.8) is 0 Å². The van der Waals surface area contributed by atoms with Crippen LogP contribution in [-0.4, -0.2) is 5.60 Å². The summed E-state index contributed by atoms with van der Waals surface area (Å²) in [6.07, 6.45) is 10.7. The van der Waals surface area contributed by atoms with Gasteiger partial charge in [0.15, 0.2) is 0 Å². The van der Waals surface area contributed by atoms with Gasteiger partial charge in [-0.15, -0.1) is 0 Å². The van der Waals surface area contributed by atoms with Gasteiger partial charge >= 0.3 is 0 Å². The van der Waals surface area contributed by atoms with E-state index in [0.29, 0.717) is 0 Å². The largest absolute Gasteiger partial charge is 0.487 e. The summed E-state index contributed by atoms with van der Waals surface area (Å²) in [5.74, 6) is 2.02. The summed E-state index contributed by atoms with van der Waals surface area (Å²) in [6.45, 7) is 2.32. The van der Waals surface area contributed by atoms with Crippen LogP contribution in [0.2, 0.25) is 0 Å². The number of benzene rings is 1. The van der Waals surface area contributed by atoms with Gasteiger partial charge in [-0.1, -0.05) is 50.3 Å². The quantitative estimate of drug-likeness (QED) is 0.730. The maximum Gasteiger partial charge on any atom is 0.123 e. The van der Waals surface area contributed by atoms with E-state index in [-0.39, 0.29) is 5.60 Å². The van der Waals surface area contributed by atoms with Gasteiger partial charge in [0, 0.05) is 0 Å². The fraction of sp³-hybridized carbons (Fsp3) is 0.647. The fourth-order valence-electron chi connectivity index (χ4n) is 3.67. The van der Waals surface area contributed by atoms with Gasteiger partial charge < -0.3 is 4.74 Å². The number of hydrogen-bond acceptors (Lipinski definition) is 1. The highest BCUT2D eigenvalue weighted by atomic mass is 16.5. The monoisotopic (exact) mass is 244 g/mol. The van der Waals surface area contributed by atoms with E-state index < -0.39 is 0 Å². The molecular formula is C17H24O. The highest BCUT2D eigenvalue weighted by molar-refractivity contribution is 5.35. The Labute approximate surface area is 111 Å². The Morgan fingerprint density at radius 2 is 1.94 bits per heavy atom. The molecule has 1 fully saturated rings. The molecule has 3 rings (SSSR count). The van der Waals surface area contributed by atoms with Crippen LogP contribution in [0.5, 0.6) is 5.75 Å². The summed E-state index contributed by atoms with van der Waals surface area (Å²) in [6, 6.07) is 8.54. The first kappa shape index (κ1) is 12.1. The smallest absolute Gasteiger partial charge is 0.123 e. The minimum atomic E-state index is 0.0797. The van der Waals surface area contributed by atoms with Crippen LogP contribution in [-0.2, 0) is 6.42 Å². The van der Waals surface area contributed by atoms with Crippen LogP contribution in [0.25, 0.3) is 0 Å². The second kappa shape index (κ2) is 4.95. The molecular weight excluding hydrogens is 220 g/mol. The molecule has 1 aliphatic carbocycles. The van der Waals surface area contributed by atoms with Gasteiger partial charge in [0.1, 0.15) is 11.4 Å². The Morgan fingerprint density at radius 1 is 1.17 bits per heavy atom.